The normalized spacial score (nSPS) is 11.0. The molecular weight excluding hydrogens is 537 g/mol. The summed E-state index contributed by atoms with van der Waals surface area (Å²) in [5.41, 5.74) is -1.11. The van der Waals surface area contributed by atoms with E-state index in [0.717, 1.165) is 16.7 Å². The van der Waals surface area contributed by atoms with Gasteiger partial charge in [0.25, 0.3) is 0 Å². The second-order valence-electron chi connectivity index (χ2n) is 7.51. The van der Waals surface area contributed by atoms with Gasteiger partial charge in [-0.1, -0.05) is 11.6 Å². The molecule has 4 rings (SSSR count). The van der Waals surface area contributed by atoms with E-state index in [1.807, 2.05) is 0 Å². The first kappa shape index (κ1) is 26.6. The van der Waals surface area contributed by atoms with Crippen molar-refractivity contribution >= 4 is 28.7 Å². The van der Waals surface area contributed by atoms with Crippen LogP contribution in [-0.4, -0.2) is 51.4 Å². The maximum absolute atomic E-state index is 14.5. The van der Waals surface area contributed by atoms with Crippen molar-refractivity contribution < 1.29 is 42.0 Å². The number of imidazole rings is 1. The van der Waals surface area contributed by atoms with Crippen LogP contribution in [-0.2, 0) is 18.1 Å². The summed E-state index contributed by atoms with van der Waals surface area (Å²) >= 11 is 6.40. The summed E-state index contributed by atoms with van der Waals surface area (Å²) in [5.74, 6) is -4.43. The Bertz CT molecular complexity index is 1590. The first-order chi connectivity index (χ1) is 18.2. The van der Waals surface area contributed by atoms with E-state index in [1.54, 1.807) is 0 Å². The van der Waals surface area contributed by atoms with Crippen LogP contribution in [0.3, 0.4) is 0 Å². The number of alkyl halides is 1. The highest BCUT2D eigenvalue weighted by Gasteiger charge is 2.22. The lowest BCUT2D eigenvalue weighted by Crippen LogP contribution is -2.16. The zero-order valence-electron chi connectivity index (χ0n) is 19.7. The van der Waals surface area contributed by atoms with Gasteiger partial charge in [0.05, 0.1) is 30.5 Å². The summed E-state index contributed by atoms with van der Waals surface area (Å²) in [6.45, 7) is -2.43. The molecule has 0 spiro atoms. The molecule has 0 aliphatic carbocycles. The van der Waals surface area contributed by atoms with Crippen molar-refractivity contribution in [1.29, 1.82) is 0 Å². The van der Waals surface area contributed by atoms with Crippen LogP contribution in [0.15, 0.2) is 29.1 Å². The predicted octanol–water partition coefficient (Wildman–Crippen LogP) is 3.57. The molecule has 0 saturated heterocycles. The molecule has 2 heterocycles. The molecule has 15 heteroatoms. The first-order valence-electron chi connectivity index (χ1n) is 10.6. The molecule has 0 radical (unpaired) electrons. The number of aromatic nitrogens is 4. The fourth-order valence-corrected chi connectivity index (χ4v) is 3.78. The summed E-state index contributed by atoms with van der Waals surface area (Å²) in [4.78, 5) is 34.4. The van der Waals surface area contributed by atoms with Crippen LogP contribution in [0.1, 0.15) is 11.4 Å². The number of rotatable bonds is 10. The van der Waals surface area contributed by atoms with E-state index >= 15 is 0 Å². The topological polar surface area (TPSA) is 138 Å². The average molecular weight is 555 g/mol. The Morgan fingerprint density at radius 3 is 2.50 bits per heavy atom. The largest absolute Gasteiger partial charge is 0.496 e. The zero-order chi connectivity index (χ0) is 27.6. The number of benzene rings is 2. The lowest BCUT2D eigenvalue weighted by atomic mass is 10.2. The van der Waals surface area contributed by atoms with E-state index in [9.17, 15) is 22.8 Å². The Labute approximate surface area is 216 Å². The maximum Gasteiger partial charge on any atom is 0.341 e. The van der Waals surface area contributed by atoms with E-state index in [1.165, 1.54) is 26.4 Å². The number of ether oxygens (including phenoxy) is 4. The van der Waals surface area contributed by atoms with Gasteiger partial charge < -0.3 is 24.1 Å². The number of nitrogens with one attached hydrogen (secondary N) is 1. The standard InChI is InChI=1S/C23H18ClF3N4O7/c1-35-14-4-3-12(26)19(27)10(14)8-37-16-6-13(11(24)5-15(16)38-9-18(32)33)31-21-20(30-23(31)34)22(36-2)29-17(7-25)28-21/h3-6H,7-9H2,1-2H3,(H,30,34)(H,32,33). The third-order valence-corrected chi connectivity index (χ3v) is 5.52. The summed E-state index contributed by atoms with van der Waals surface area (Å²) in [5, 5.41) is 8.91. The smallest absolute Gasteiger partial charge is 0.341 e. The van der Waals surface area contributed by atoms with Crippen molar-refractivity contribution in [3.63, 3.8) is 0 Å². The molecule has 2 N–H and O–H groups in total. The number of aliphatic carboxylic acids is 1. The molecule has 0 aliphatic heterocycles. The highest BCUT2D eigenvalue weighted by atomic mass is 35.5. The van der Waals surface area contributed by atoms with Crippen molar-refractivity contribution in [3.8, 4) is 28.8 Å². The van der Waals surface area contributed by atoms with E-state index in [0.29, 0.717) is 0 Å². The molecule has 4 aromatic rings. The maximum atomic E-state index is 14.5. The number of aromatic amines is 1. The van der Waals surface area contributed by atoms with Gasteiger partial charge in [-0.25, -0.2) is 32.3 Å². The van der Waals surface area contributed by atoms with E-state index < -0.39 is 43.2 Å². The molecule has 2 aromatic carbocycles. The first-order valence-corrected chi connectivity index (χ1v) is 11.0. The highest BCUT2D eigenvalue weighted by Crippen LogP contribution is 2.37. The van der Waals surface area contributed by atoms with Crippen molar-refractivity contribution in [1.82, 2.24) is 19.5 Å². The molecule has 0 aliphatic rings. The van der Waals surface area contributed by atoms with E-state index in [-0.39, 0.29) is 56.4 Å². The van der Waals surface area contributed by atoms with Crippen LogP contribution < -0.4 is 24.6 Å². The van der Waals surface area contributed by atoms with Crippen LogP contribution in [0.25, 0.3) is 16.9 Å². The number of carboxylic acids is 1. The molecular formula is C23H18ClF3N4O7. The van der Waals surface area contributed by atoms with Gasteiger partial charge in [-0.05, 0) is 12.1 Å². The molecule has 0 saturated carbocycles. The molecule has 2 aromatic heterocycles. The van der Waals surface area contributed by atoms with Gasteiger partial charge >= 0.3 is 11.7 Å². The summed E-state index contributed by atoms with van der Waals surface area (Å²) < 4.78 is 63.8. The summed E-state index contributed by atoms with van der Waals surface area (Å²) in [6, 6.07) is 4.44. The Morgan fingerprint density at radius 1 is 1.11 bits per heavy atom. The van der Waals surface area contributed by atoms with Gasteiger partial charge in [0, 0.05) is 12.1 Å². The molecule has 38 heavy (non-hydrogen) atoms. The number of hydrogen-bond acceptors (Lipinski definition) is 8. The third kappa shape index (κ3) is 5.02. The van der Waals surface area contributed by atoms with Crippen LogP contribution in [0.2, 0.25) is 5.02 Å². The number of nitrogens with zero attached hydrogens (tertiary/aromatic N) is 3. The lowest BCUT2D eigenvalue weighted by Gasteiger charge is -2.16. The van der Waals surface area contributed by atoms with Gasteiger partial charge in [0.15, 0.2) is 41.2 Å². The highest BCUT2D eigenvalue weighted by molar-refractivity contribution is 6.32. The van der Waals surface area contributed by atoms with Crippen molar-refractivity contribution in [2.45, 2.75) is 13.3 Å². The Hall–Kier alpha value is -4.46. The molecule has 0 bridgehead atoms. The van der Waals surface area contributed by atoms with Crippen LogP contribution in [0, 0.1) is 11.6 Å². The average Bonchev–Trinajstić information content (AvgIpc) is 3.23. The molecule has 0 fully saturated rings. The van der Waals surface area contributed by atoms with Gasteiger partial charge in [0.1, 0.15) is 24.5 Å². The molecule has 200 valence electrons. The minimum Gasteiger partial charge on any atom is -0.496 e. The van der Waals surface area contributed by atoms with Gasteiger partial charge in [-0.15, -0.1) is 0 Å². The van der Waals surface area contributed by atoms with Crippen molar-refractivity contribution in [2.24, 2.45) is 0 Å². The Kier molecular flexibility index (Phi) is 7.62. The minimum absolute atomic E-state index is 0.0125. The van der Waals surface area contributed by atoms with Gasteiger partial charge in [-0.3, -0.25) is 4.98 Å². The second-order valence-corrected chi connectivity index (χ2v) is 7.92. The van der Waals surface area contributed by atoms with Gasteiger partial charge in [0.2, 0.25) is 5.88 Å². The van der Waals surface area contributed by atoms with E-state index in [2.05, 4.69) is 15.0 Å². The number of carbonyl (C=O) groups is 1. The number of carboxylic acid groups (broad SMARTS) is 1. The minimum atomic E-state index is -1.32. The van der Waals surface area contributed by atoms with Gasteiger partial charge in [-0.2, -0.15) is 4.98 Å². The molecule has 0 atom stereocenters. The number of halogens is 4. The predicted molar refractivity (Wildman–Crippen MR) is 126 cm³/mol. The fourth-order valence-electron chi connectivity index (χ4n) is 3.54. The molecule has 0 unspecified atom stereocenters. The Balaban J connectivity index is 1.86. The van der Waals surface area contributed by atoms with E-state index in [4.69, 9.17) is 35.7 Å². The third-order valence-electron chi connectivity index (χ3n) is 5.21. The Morgan fingerprint density at radius 2 is 1.84 bits per heavy atom. The van der Waals surface area contributed by atoms with Crippen molar-refractivity contribution in [3.05, 3.63) is 62.8 Å². The lowest BCUT2D eigenvalue weighted by molar-refractivity contribution is -0.139. The van der Waals surface area contributed by atoms with Crippen LogP contribution in [0.5, 0.6) is 23.1 Å². The van der Waals surface area contributed by atoms with Crippen LogP contribution >= 0.6 is 11.6 Å². The SMILES string of the molecule is COc1ccc(F)c(F)c1COc1cc(-n2c(=O)[nH]c3c(OC)nc(CF)nc32)c(Cl)cc1OCC(=O)O. The molecule has 0 amide bonds. The summed E-state index contributed by atoms with van der Waals surface area (Å²) in [7, 11) is 2.52. The number of H-pyrrole nitrogens is 1. The van der Waals surface area contributed by atoms with Crippen LogP contribution in [0.4, 0.5) is 13.2 Å². The molecule has 11 nitrogen and oxygen atoms in total. The number of hydrogen-bond donors (Lipinski definition) is 2. The zero-order valence-corrected chi connectivity index (χ0v) is 20.4. The number of methoxy groups -OCH3 is 2. The monoisotopic (exact) mass is 554 g/mol. The second kappa shape index (κ2) is 10.9. The number of fused-ring (bicyclic) bond motifs is 1. The van der Waals surface area contributed by atoms with Crippen molar-refractivity contribution in [2.75, 3.05) is 20.8 Å². The fraction of sp³-hybridized carbons (Fsp3) is 0.217. The quantitative estimate of drug-likeness (QED) is 0.301. The summed E-state index contributed by atoms with van der Waals surface area (Å²) in [6.07, 6.45) is 0.